The molecule has 0 unspecified atom stereocenters. The fourth-order valence-corrected chi connectivity index (χ4v) is 3.43. The van der Waals surface area contributed by atoms with Gasteiger partial charge in [0.1, 0.15) is 5.65 Å². The van der Waals surface area contributed by atoms with Gasteiger partial charge in [-0.15, -0.1) is 0 Å². The van der Waals surface area contributed by atoms with Gasteiger partial charge in [0.15, 0.2) is 0 Å². The number of aryl methyl sites for hydroxylation is 1. The van der Waals surface area contributed by atoms with Gasteiger partial charge in [0, 0.05) is 56.6 Å². The summed E-state index contributed by atoms with van der Waals surface area (Å²) in [5, 5.41) is 5.12. The van der Waals surface area contributed by atoms with E-state index in [2.05, 4.69) is 20.0 Å². The number of H-pyrrole nitrogens is 1. The summed E-state index contributed by atoms with van der Waals surface area (Å²) in [7, 11) is 0. The third-order valence-electron chi connectivity index (χ3n) is 4.97. The molecule has 0 atom stereocenters. The molecule has 4 heterocycles. The van der Waals surface area contributed by atoms with Crippen LogP contribution in [0.15, 0.2) is 41.5 Å². The molecule has 1 N–H and O–H groups in total. The second-order valence-electron chi connectivity index (χ2n) is 6.77. The van der Waals surface area contributed by atoms with Gasteiger partial charge in [-0.1, -0.05) is 0 Å². The first-order valence-electron chi connectivity index (χ1n) is 9.10. The van der Waals surface area contributed by atoms with Gasteiger partial charge in [0.05, 0.1) is 17.8 Å². The maximum atomic E-state index is 12.8. The molecule has 1 fully saturated rings. The molecular formula is C19H22N6O2. The molecule has 0 aromatic carbocycles. The van der Waals surface area contributed by atoms with Gasteiger partial charge in [-0.25, -0.2) is 9.67 Å². The molecule has 8 heteroatoms. The van der Waals surface area contributed by atoms with E-state index in [0.29, 0.717) is 25.2 Å². The lowest BCUT2D eigenvalue weighted by atomic mass is 10.2. The smallest absolute Gasteiger partial charge is 0.266 e. The second-order valence-corrected chi connectivity index (χ2v) is 6.77. The number of rotatable bonds is 4. The molecule has 8 nitrogen and oxygen atoms in total. The zero-order valence-corrected chi connectivity index (χ0v) is 15.3. The number of fused-ring (bicyclic) bond motifs is 1. The van der Waals surface area contributed by atoms with E-state index < -0.39 is 0 Å². The third-order valence-corrected chi connectivity index (χ3v) is 4.97. The van der Waals surface area contributed by atoms with Crippen molar-refractivity contribution < 1.29 is 4.79 Å². The number of pyridine rings is 1. The van der Waals surface area contributed by atoms with Crippen LogP contribution in [0.5, 0.6) is 0 Å². The first-order chi connectivity index (χ1) is 13.1. The standard InChI is InChI=1S/C19H22N6O2/c1-14-4-5-17(26)25(22-14)12-9-23-7-10-24(11-8-23)19(27)16-13-21-18-15(16)3-2-6-20-18/h2-6,13H,7-12H2,1H3,(H,20,21). The van der Waals surface area contributed by atoms with E-state index in [-0.39, 0.29) is 11.5 Å². The lowest BCUT2D eigenvalue weighted by molar-refractivity contribution is 0.0633. The summed E-state index contributed by atoms with van der Waals surface area (Å²) in [4.78, 5) is 36.1. The van der Waals surface area contributed by atoms with E-state index in [9.17, 15) is 9.59 Å². The summed E-state index contributed by atoms with van der Waals surface area (Å²) in [6.07, 6.45) is 3.45. The monoisotopic (exact) mass is 366 g/mol. The molecule has 0 radical (unpaired) electrons. The topological polar surface area (TPSA) is 87.1 Å². The number of aromatic nitrogens is 4. The summed E-state index contributed by atoms with van der Waals surface area (Å²) >= 11 is 0. The van der Waals surface area contributed by atoms with Crippen molar-refractivity contribution in [3.63, 3.8) is 0 Å². The first-order valence-corrected chi connectivity index (χ1v) is 9.10. The second kappa shape index (κ2) is 7.32. The Morgan fingerprint density at radius 3 is 2.78 bits per heavy atom. The zero-order chi connectivity index (χ0) is 18.8. The number of carbonyl (C=O) groups is 1. The molecule has 1 aliphatic rings. The summed E-state index contributed by atoms with van der Waals surface area (Å²) in [6, 6.07) is 7.03. The molecular weight excluding hydrogens is 344 g/mol. The van der Waals surface area contributed by atoms with Crippen LogP contribution in [0, 0.1) is 6.92 Å². The van der Waals surface area contributed by atoms with E-state index >= 15 is 0 Å². The van der Waals surface area contributed by atoms with E-state index in [1.165, 1.54) is 4.68 Å². The minimum atomic E-state index is -0.0811. The van der Waals surface area contributed by atoms with Crippen LogP contribution in [0.3, 0.4) is 0 Å². The highest BCUT2D eigenvalue weighted by molar-refractivity contribution is 6.05. The van der Waals surface area contributed by atoms with Crippen LogP contribution >= 0.6 is 0 Å². The van der Waals surface area contributed by atoms with Gasteiger partial charge >= 0.3 is 0 Å². The molecule has 4 rings (SSSR count). The van der Waals surface area contributed by atoms with Crippen molar-refractivity contribution in [1.82, 2.24) is 29.5 Å². The Morgan fingerprint density at radius 2 is 1.96 bits per heavy atom. The minimum absolute atomic E-state index is 0.0328. The molecule has 0 aliphatic carbocycles. The predicted octanol–water partition coefficient (Wildman–Crippen LogP) is 0.886. The average molecular weight is 366 g/mol. The summed E-state index contributed by atoms with van der Waals surface area (Å²) in [5.41, 5.74) is 2.15. The predicted molar refractivity (Wildman–Crippen MR) is 102 cm³/mol. The summed E-state index contributed by atoms with van der Waals surface area (Å²) in [5.74, 6) is 0.0328. The Morgan fingerprint density at radius 1 is 1.15 bits per heavy atom. The SMILES string of the molecule is Cc1ccc(=O)n(CCN2CCN(C(=O)c3c[nH]c4ncccc34)CC2)n1. The lowest BCUT2D eigenvalue weighted by Gasteiger charge is -2.34. The van der Waals surface area contributed by atoms with Crippen molar-refractivity contribution in [1.29, 1.82) is 0 Å². The fourth-order valence-electron chi connectivity index (χ4n) is 3.43. The van der Waals surface area contributed by atoms with Crippen molar-refractivity contribution in [2.24, 2.45) is 0 Å². The minimum Gasteiger partial charge on any atom is -0.345 e. The lowest BCUT2D eigenvalue weighted by Crippen LogP contribution is -2.49. The van der Waals surface area contributed by atoms with Crippen LogP contribution in [-0.2, 0) is 6.54 Å². The molecule has 0 bridgehead atoms. The van der Waals surface area contributed by atoms with Crippen LogP contribution in [-0.4, -0.2) is 68.2 Å². The van der Waals surface area contributed by atoms with Crippen molar-refractivity contribution in [2.45, 2.75) is 13.5 Å². The maximum absolute atomic E-state index is 12.8. The Hall–Kier alpha value is -3.00. The van der Waals surface area contributed by atoms with Gasteiger partial charge in [-0.3, -0.25) is 14.5 Å². The summed E-state index contributed by atoms with van der Waals surface area (Å²) in [6.45, 7) is 6.09. The molecule has 1 amide bonds. The van der Waals surface area contributed by atoms with Crippen LogP contribution in [0.1, 0.15) is 16.1 Å². The molecule has 27 heavy (non-hydrogen) atoms. The molecule has 140 valence electrons. The number of nitrogens with one attached hydrogen (secondary N) is 1. The van der Waals surface area contributed by atoms with E-state index in [1.54, 1.807) is 24.5 Å². The van der Waals surface area contributed by atoms with E-state index in [0.717, 1.165) is 36.4 Å². The Bertz CT molecular complexity index is 1020. The number of hydrogen-bond acceptors (Lipinski definition) is 5. The number of nitrogens with zero attached hydrogens (tertiary/aromatic N) is 5. The number of hydrogen-bond donors (Lipinski definition) is 1. The molecule has 1 aliphatic heterocycles. The van der Waals surface area contributed by atoms with Crippen molar-refractivity contribution in [3.8, 4) is 0 Å². The highest BCUT2D eigenvalue weighted by Crippen LogP contribution is 2.18. The van der Waals surface area contributed by atoms with Gasteiger partial charge in [-0.2, -0.15) is 5.10 Å². The van der Waals surface area contributed by atoms with E-state index in [4.69, 9.17) is 0 Å². The summed E-state index contributed by atoms with van der Waals surface area (Å²) < 4.78 is 1.51. The number of carbonyl (C=O) groups excluding carboxylic acids is 1. The zero-order valence-electron chi connectivity index (χ0n) is 15.3. The van der Waals surface area contributed by atoms with Gasteiger partial charge in [0.2, 0.25) is 0 Å². The Labute approximate surface area is 156 Å². The molecule has 3 aromatic rings. The molecule has 1 saturated heterocycles. The van der Waals surface area contributed by atoms with Crippen molar-refractivity contribution in [2.75, 3.05) is 32.7 Å². The van der Waals surface area contributed by atoms with Crippen molar-refractivity contribution in [3.05, 3.63) is 58.3 Å². The van der Waals surface area contributed by atoms with E-state index in [1.807, 2.05) is 24.0 Å². The van der Waals surface area contributed by atoms with Crippen LogP contribution in [0.4, 0.5) is 0 Å². The van der Waals surface area contributed by atoms with Crippen LogP contribution in [0.25, 0.3) is 11.0 Å². The Kier molecular flexibility index (Phi) is 4.72. The van der Waals surface area contributed by atoms with Crippen LogP contribution < -0.4 is 5.56 Å². The number of piperazine rings is 1. The number of aromatic amines is 1. The first kappa shape index (κ1) is 17.4. The Balaban J connectivity index is 1.35. The largest absolute Gasteiger partial charge is 0.345 e. The van der Waals surface area contributed by atoms with Crippen molar-refractivity contribution >= 4 is 16.9 Å². The quantitative estimate of drug-likeness (QED) is 0.741. The third kappa shape index (κ3) is 3.61. The fraction of sp³-hybridized carbons (Fsp3) is 0.368. The average Bonchev–Trinajstić information content (AvgIpc) is 3.13. The molecule has 0 spiro atoms. The van der Waals surface area contributed by atoms with Gasteiger partial charge in [-0.05, 0) is 25.1 Å². The highest BCUT2D eigenvalue weighted by atomic mass is 16.2. The molecule has 3 aromatic heterocycles. The molecule has 0 saturated carbocycles. The van der Waals surface area contributed by atoms with Crippen LogP contribution in [0.2, 0.25) is 0 Å². The van der Waals surface area contributed by atoms with Gasteiger partial charge < -0.3 is 9.88 Å². The highest BCUT2D eigenvalue weighted by Gasteiger charge is 2.24. The van der Waals surface area contributed by atoms with Gasteiger partial charge in [0.25, 0.3) is 11.5 Å². The normalized spacial score (nSPS) is 15.4. The number of amides is 1. The maximum Gasteiger partial charge on any atom is 0.266 e.